The van der Waals surface area contributed by atoms with Gasteiger partial charge in [-0.05, 0) is 50.4 Å². The lowest BCUT2D eigenvalue weighted by Crippen LogP contribution is -2.26. The standard InChI is InChI=1S/C12H18Br2N2O4S/c1-19-5-6-20-4-2-3-16-21(17,18)12-10(13)7-9(15)8-11(12)14/h7-8,16H,2-6,15H2,1H3. The zero-order valence-electron chi connectivity index (χ0n) is 11.6. The van der Waals surface area contributed by atoms with E-state index >= 15 is 0 Å². The number of nitrogens with one attached hydrogen (secondary N) is 1. The van der Waals surface area contributed by atoms with Crippen LogP contribution in [-0.4, -0.2) is 41.9 Å². The van der Waals surface area contributed by atoms with Gasteiger partial charge < -0.3 is 15.2 Å². The molecule has 0 spiro atoms. The van der Waals surface area contributed by atoms with Crippen LogP contribution in [0.1, 0.15) is 6.42 Å². The van der Waals surface area contributed by atoms with E-state index in [-0.39, 0.29) is 4.90 Å². The van der Waals surface area contributed by atoms with Crippen LogP contribution in [0, 0.1) is 0 Å². The molecule has 21 heavy (non-hydrogen) atoms. The van der Waals surface area contributed by atoms with E-state index in [1.165, 1.54) is 0 Å². The first-order chi connectivity index (χ1) is 9.88. The van der Waals surface area contributed by atoms with E-state index in [2.05, 4.69) is 36.6 Å². The van der Waals surface area contributed by atoms with E-state index in [4.69, 9.17) is 15.2 Å². The minimum atomic E-state index is -3.62. The van der Waals surface area contributed by atoms with Crippen LogP contribution in [0.3, 0.4) is 0 Å². The molecule has 0 amide bonds. The number of nitrogens with two attached hydrogens (primary N) is 1. The average Bonchev–Trinajstić information content (AvgIpc) is 2.35. The largest absolute Gasteiger partial charge is 0.399 e. The molecule has 0 aliphatic carbocycles. The van der Waals surface area contributed by atoms with Gasteiger partial charge in [-0.2, -0.15) is 0 Å². The van der Waals surface area contributed by atoms with Crippen LogP contribution in [-0.2, 0) is 19.5 Å². The molecule has 0 heterocycles. The van der Waals surface area contributed by atoms with Crippen LogP contribution < -0.4 is 10.5 Å². The Kier molecular flexibility index (Phi) is 8.14. The van der Waals surface area contributed by atoms with Crippen molar-refractivity contribution in [1.29, 1.82) is 0 Å². The number of benzene rings is 1. The van der Waals surface area contributed by atoms with Gasteiger partial charge in [-0.1, -0.05) is 0 Å². The normalized spacial score (nSPS) is 11.8. The second kappa shape index (κ2) is 9.06. The van der Waals surface area contributed by atoms with Gasteiger partial charge in [0.15, 0.2) is 0 Å². The first-order valence-electron chi connectivity index (χ1n) is 6.19. The highest BCUT2D eigenvalue weighted by Gasteiger charge is 2.21. The van der Waals surface area contributed by atoms with Crippen LogP contribution in [0.4, 0.5) is 5.69 Å². The Morgan fingerprint density at radius 2 is 1.81 bits per heavy atom. The summed E-state index contributed by atoms with van der Waals surface area (Å²) in [5.41, 5.74) is 6.12. The first kappa shape index (κ1) is 18.9. The summed E-state index contributed by atoms with van der Waals surface area (Å²) in [5, 5.41) is 0. The molecule has 0 unspecified atom stereocenters. The Hall–Kier alpha value is -0.190. The van der Waals surface area contributed by atoms with Crippen molar-refractivity contribution >= 4 is 47.6 Å². The van der Waals surface area contributed by atoms with Gasteiger partial charge in [-0.25, -0.2) is 13.1 Å². The van der Waals surface area contributed by atoms with Crippen molar-refractivity contribution in [3.05, 3.63) is 21.1 Å². The molecule has 0 fully saturated rings. The molecule has 1 rings (SSSR count). The molecule has 9 heteroatoms. The highest BCUT2D eigenvalue weighted by atomic mass is 79.9. The zero-order valence-corrected chi connectivity index (χ0v) is 15.6. The number of hydrogen-bond donors (Lipinski definition) is 2. The Bertz CT molecular complexity index is 543. The van der Waals surface area contributed by atoms with Crippen molar-refractivity contribution < 1.29 is 17.9 Å². The predicted molar refractivity (Wildman–Crippen MR) is 88.8 cm³/mol. The van der Waals surface area contributed by atoms with Crippen molar-refractivity contribution in [2.75, 3.05) is 39.2 Å². The highest BCUT2D eigenvalue weighted by molar-refractivity contribution is 9.11. The van der Waals surface area contributed by atoms with Crippen LogP contribution in [0.2, 0.25) is 0 Å². The Morgan fingerprint density at radius 1 is 1.19 bits per heavy atom. The maximum absolute atomic E-state index is 12.2. The molecule has 1 aromatic rings. The van der Waals surface area contributed by atoms with Crippen molar-refractivity contribution in [3.63, 3.8) is 0 Å². The van der Waals surface area contributed by atoms with Crippen LogP contribution in [0.5, 0.6) is 0 Å². The lowest BCUT2D eigenvalue weighted by molar-refractivity contribution is 0.0699. The summed E-state index contributed by atoms with van der Waals surface area (Å²) in [6.45, 7) is 1.78. The third kappa shape index (κ3) is 6.21. The predicted octanol–water partition coefficient (Wildman–Crippen LogP) is 2.13. The van der Waals surface area contributed by atoms with Crippen LogP contribution in [0.25, 0.3) is 0 Å². The summed E-state index contributed by atoms with van der Waals surface area (Å²) in [6.07, 6.45) is 0.577. The molecule has 0 aromatic heterocycles. The zero-order chi connectivity index (χ0) is 15.9. The van der Waals surface area contributed by atoms with Gasteiger partial charge in [0.2, 0.25) is 10.0 Å². The molecule has 0 saturated heterocycles. The fourth-order valence-electron chi connectivity index (χ4n) is 1.53. The molecule has 0 atom stereocenters. The van der Waals surface area contributed by atoms with Gasteiger partial charge in [0.25, 0.3) is 0 Å². The number of nitrogen functional groups attached to an aromatic ring is 1. The van der Waals surface area contributed by atoms with Gasteiger partial charge in [0, 0.05) is 34.9 Å². The lowest BCUT2D eigenvalue weighted by Gasteiger charge is -2.11. The molecule has 0 bridgehead atoms. The number of halogens is 2. The highest BCUT2D eigenvalue weighted by Crippen LogP contribution is 2.32. The lowest BCUT2D eigenvalue weighted by atomic mass is 10.3. The minimum absolute atomic E-state index is 0.136. The fourth-order valence-corrected chi connectivity index (χ4v) is 5.22. The number of ether oxygens (including phenoxy) is 2. The van der Waals surface area contributed by atoms with Gasteiger partial charge in [0.1, 0.15) is 4.90 Å². The molecule has 3 N–H and O–H groups in total. The third-order valence-electron chi connectivity index (χ3n) is 2.48. The first-order valence-corrected chi connectivity index (χ1v) is 9.26. The number of rotatable bonds is 9. The van der Waals surface area contributed by atoms with Gasteiger partial charge in [0.05, 0.1) is 13.2 Å². The molecule has 0 radical (unpaired) electrons. The van der Waals surface area contributed by atoms with Crippen LogP contribution >= 0.6 is 31.9 Å². The van der Waals surface area contributed by atoms with E-state index in [9.17, 15) is 8.42 Å². The summed E-state index contributed by atoms with van der Waals surface area (Å²) in [7, 11) is -2.02. The molecule has 6 nitrogen and oxygen atoms in total. The van der Waals surface area contributed by atoms with Crippen molar-refractivity contribution in [2.24, 2.45) is 0 Å². The quantitative estimate of drug-likeness (QED) is 0.448. The molecule has 0 aliphatic rings. The maximum Gasteiger partial charge on any atom is 0.242 e. The summed E-state index contributed by atoms with van der Waals surface area (Å²) in [4.78, 5) is 0.136. The van der Waals surface area contributed by atoms with E-state index in [0.29, 0.717) is 47.4 Å². The second-order valence-electron chi connectivity index (χ2n) is 4.17. The van der Waals surface area contributed by atoms with E-state index in [0.717, 1.165) is 0 Å². The van der Waals surface area contributed by atoms with Gasteiger partial charge in [-0.15, -0.1) is 0 Å². The number of anilines is 1. The topological polar surface area (TPSA) is 90.6 Å². The molecule has 1 aromatic carbocycles. The molecule has 120 valence electrons. The molecule has 0 aliphatic heterocycles. The van der Waals surface area contributed by atoms with Crippen molar-refractivity contribution in [2.45, 2.75) is 11.3 Å². The molecule has 0 saturated carbocycles. The molecular formula is C12H18Br2N2O4S. The monoisotopic (exact) mass is 444 g/mol. The maximum atomic E-state index is 12.2. The van der Waals surface area contributed by atoms with Gasteiger partial charge in [-0.3, -0.25) is 0 Å². The SMILES string of the molecule is COCCOCCCNS(=O)(=O)c1c(Br)cc(N)cc1Br. The summed E-state index contributed by atoms with van der Waals surface area (Å²) >= 11 is 6.43. The van der Waals surface area contributed by atoms with Crippen molar-refractivity contribution in [3.8, 4) is 0 Å². The number of hydrogen-bond acceptors (Lipinski definition) is 5. The average molecular weight is 446 g/mol. The summed E-state index contributed by atoms with van der Waals surface area (Å²) in [6, 6.07) is 3.10. The van der Waals surface area contributed by atoms with E-state index in [1.54, 1.807) is 19.2 Å². The van der Waals surface area contributed by atoms with Gasteiger partial charge >= 0.3 is 0 Å². The summed E-state index contributed by atoms with van der Waals surface area (Å²) < 4.78 is 38.0. The second-order valence-corrected chi connectivity index (χ2v) is 7.58. The van der Waals surface area contributed by atoms with Crippen molar-refractivity contribution in [1.82, 2.24) is 4.72 Å². The third-order valence-corrected chi connectivity index (χ3v) is 5.82. The summed E-state index contributed by atoms with van der Waals surface area (Å²) in [5.74, 6) is 0. The Morgan fingerprint density at radius 3 is 2.38 bits per heavy atom. The smallest absolute Gasteiger partial charge is 0.242 e. The number of sulfonamides is 1. The fraction of sp³-hybridized carbons (Fsp3) is 0.500. The van der Waals surface area contributed by atoms with E-state index < -0.39 is 10.0 Å². The Labute approximate surface area is 141 Å². The van der Waals surface area contributed by atoms with E-state index in [1.807, 2.05) is 0 Å². The minimum Gasteiger partial charge on any atom is -0.399 e. The molecular weight excluding hydrogens is 428 g/mol. The Balaban J connectivity index is 2.55. The number of methoxy groups -OCH3 is 1. The van der Waals surface area contributed by atoms with Crippen LogP contribution in [0.15, 0.2) is 26.0 Å².